The molecule has 5 nitrogen and oxygen atoms in total. The molecule has 0 aliphatic rings. The molecular formula is C23H23F3N2O3. The van der Waals surface area contributed by atoms with E-state index >= 15 is 0 Å². The Kier molecular flexibility index (Phi) is 6.68. The Morgan fingerprint density at radius 2 is 1.87 bits per heavy atom. The molecule has 0 aliphatic heterocycles. The number of carboxylic acid groups (broad SMARTS) is 1. The molecule has 8 heteroatoms. The number of nitrogens with zero attached hydrogens (tertiary/aromatic N) is 2. The highest BCUT2D eigenvalue weighted by atomic mass is 19.4. The summed E-state index contributed by atoms with van der Waals surface area (Å²) in [6, 6.07) is 12.1. The Morgan fingerprint density at radius 3 is 2.48 bits per heavy atom. The first-order chi connectivity index (χ1) is 14.6. The van der Waals surface area contributed by atoms with Crippen molar-refractivity contribution in [2.45, 2.75) is 45.4 Å². The van der Waals surface area contributed by atoms with Crippen LogP contribution in [0.5, 0.6) is 5.75 Å². The summed E-state index contributed by atoms with van der Waals surface area (Å²) in [4.78, 5) is 10.8. The fraction of sp³-hybridized carbons (Fsp3) is 0.304. The Morgan fingerprint density at radius 1 is 1.16 bits per heavy atom. The molecule has 0 aliphatic carbocycles. The van der Waals surface area contributed by atoms with Gasteiger partial charge in [0.2, 0.25) is 0 Å². The predicted molar refractivity (Wildman–Crippen MR) is 109 cm³/mol. The largest absolute Gasteiger partial charge is 0.489 e. The van der Waals surface area contributed by atoms with Crippen LogP contribution in [0.15, 0.2) is 54.7 Å². The average molecular weight is 432 g/mol. The van der Waals surface area contributed by atoms with Crippen LogP contribution in [0.1, 0.15) is 48.6 Å². The minimum absolute atomic E-state index is 0.0425. The summed E-state index contributed by atoms with van der Waals surface area (Å²) in [5.41, 5.74) is 2.30. The molecule has 3 aromatic rings. The van der Waals surface area contributed by atoms with Gasteiger partial charge in [-0.25, -0.2) is 4.68 Å². The molecule has 0 unspecified atom stereocenters. The van der Waals surface area contributed by atoms with Crippen molar-refractivity contribution >= 4 is 5.97 Å². The minimum Gasteiger partial charge on any atom is -0.489 e. The van der Waals surface area contributed by atoms with E-state index in [1.165, 1.54) is 12.1 Å². The Balaban J connectivity index is 1.77. The number of halogens is 3. The van der Waals surface area contributed by atoms with Crippen molar-refractivity contribution in [1.82, 2.24) is 9.78 Å². The quantitative estimate of drug-likeness (QED) is 0.503. The van der Waals surface area contributed by atoms with E-state index < -0.39 is 17.7 Å². The van der Waals surface area contributed by atoms with Gasteiger partial charge in [-0.05, 0) is 54.3 Å². The highest BCUT2D eigenvalue weighted by Crippen LogP contribution is 2.30. The highest BCUT2D eigenvalue weighted by molar-refractivity contribution is 5.67. The van der Waals surface area contributed by atoms with Gasteiger partial charge in [-0.3, -0.25) is 4.79 Å². The van der Waals surface area contributed by atoms with Crippen LogP contribution in [-0.4, -0.2) is 20.9 Å². The van der Waals surface area contributed by atoms with Crippen molar-refractivity contribution in [3.8, 4) is 11.4 Å². The Hall–Kier alpha value is -3.29. The van der Waals surface area contributed by atoms with E-state index in [0.29, 0.717) is 17.9 Å². The van der Waals surface area contributed by atoms with Crippen LogP contribution in [-0.2, 0) is 24.0 Å². The molecule has 31 heavy (non-hydrogen) atoms. The predicted octanol–water partition coefficient (Wildman–Crippen LogP) is 5.61. The fourth-order valence-electron chi connectivity index (χ4n) is 3.16. The number of aromatic nitrogens is 2. The van der Waals surface area contributed by atoms with Crippen molar-refractivity contribution in [2.75, 3.05) is 0 Å². The van der Waals surface area contributed by atoms with Crippen molar-refractivity contribution in [1.29, 1.82) is 0 Å². The highest BCUT2D eigenvalue weighted by Gasteiger charge is 2.30. The van der Waals surface area contributed by atoms with Crippen molar-refractivity contribution < 1.29 is 27.8 Å². The Labute approximate surface area is 178 Å². The van der Waals surface area contributed by atoms with Gasteiger partial charge in [0.25, 0.3) is 0 Å². The van der Waals surface area contributed by atoms with Gasteiger partial charge in [0.15, 0.2) is 0 Å². The number of ether oxygens (including phenoxy) is 1. The van der Waals surface area contributed by atoms with Crippen LogP contribution in [0, 0.1) is 0 Å². The number of rotatable bonds is 8. The first-order valence-corrected chi connectivity index (χ1v) is 9.83. The zero-order valence-electron chi connectivity index (χ0n) is 17.2. The second kappa shape index (κ2) is 9.24. The third-order valence-corrected chi connectivity index (χ3v) is 4.75. The van der Waals surface area contributed by atoms with Gasteiger partial charge in [0.1, 0.15) is 12.4 Å². The number of aliphatic carboxylic acids is 1. The summed E-state index contributed by atoms with van der Waals surface area (Å²) in [6.07, 6.45) is -2.17. The van der Waals surface area contributed by atoms with E-state index in [1.54, 1.807) is 23.0 Å². The molecule has 0 amide bonds. The molecule has 1 heterocycles. The minimum atomic E-state index is -4.39. The number of alkyl halides is 3. The summed E-state index contributed by atoms with van der Waals surface area (Å²) in [5, 5.41) is 13.4. The van der Waals surface area contributed by atoms with Crippen LogP contribution >= 0.6 is 0 Å². The lowest BCUT2D eigenvalue weighted by Gasteiger charge is -2.09. The second-order valence-corrected chi connectivity index (χ2v) is 7.51. The second-order valence-electron chi connectivity index (χ2n) is 7.51. The molecule has 0 spiro atoms. The molecule has 0 radical (unpaired) electrons. The monoisotopic (exact) mass is 432 g/mol. The average Bonchev–Trinajstić information content (AvgIpc) is 3.15. The number of hydrogen-bond donors (Lipinski definition) is 1. The maximum absolute atomic E-state index is 12.8. The van der Waals surface area contributed by atoms with Gasteiger partial charge in [-0.2, -0.15) is 18.3 Å². The fourth-order valence-corrected chi connectivity index (χ4v) is 3.16. The lowest BCUT2D eigenvalue weighted by molar-refractivity contribution is -0.138. The molecule has 2 aromatic carbocycles. The SMILES string of the molecule is CC(C)c1nn(-c2ccc(C(F)(F)F)cc2)cc1COc1cccc(CCC(=O)O)c1. The Bertz CT molecular complexity index is 1040. The molecule has 0 saturated heterocycles. The van der Waals surface area contributed by atoms with Crippen molar-refractivity contribution in [3.05, 3.63) is 77.1 Å². The van der Waals surface area contributed by atoms with Crippen LogP contribution in [0.3, 0.4) is 0 Å². The van der Waals surface area contributed by atoms with E-state index in [2.05, 4.69) is 5.10 Å². The van der Waals surface area contributed by atoms with Gasteiger partial charge in [-0.1, -0.05) is 26.0 Å². The molecule has 0 saturated carbocycles. The van der Waals surface area contributed by atoms with Crippen molar-refractivity contribution in [2.24, 2.45) is 0 Å². The van der Waals surface area contributed by atoms with Gasteiger partial charge >= 0.3 is 12.1 Å². The first kappa shape index (κ1) is 22.4. The number of aryl methyl sites for hydroxylation is 1. The summed E-state index contributed by atoms with van der Waals surface area (Å²) in [5.74, 6) is -0.153. The molecule has 1 aromatic heterocycles. The third kappa shape index (κ3) is 5.87. The third-order valence-electron chi connectivity index (χ3n) is 4.75. The summed E-state index contributed by atoms with van der Waals surface area (Å²) >= 11 is 0. The van der Waals surface area contributed by atoms with E-state index in [0.717, 1.165) is 29.0 Å². The smallest absolute Gasteiger partial charge is 0.416 e. The summed E-state index contributed by atoms with van der Waals surface area (Å²) < 4.78 is 45.9. The number of benzene rings is 2. The first-order valence-electron chi connectivity index (χ1n) is 9.83. The molecule has 0 atom stereocenters. The van der Waals surface area contributed by atoms with Gasteiger partial charge < -0.3 is 9.84 Å². The van der Waals surface area contributed by atoms with E-state index in [4.69, 9.17) is 9.84 Å². The van der Waals surface area contributed by atoms with Gasteiger partial charge in [0, 0.05) is 18.2 Å². The number of hydrogen-bond acceptors (Lipinski definition) is 3. The molecule has 3 rings (SSSR count). The van der Waals surface area contributed by atoms with Crippen LogP contribution in [0.4, 0.5) is 13.2 Å². The molecule has 1 N–H and O–H groups in total. The standard InChI is InChI=1S/C23H23F3N2O3/c1-15(2)22-17(14-31-20-5-3-4-16(12-20)6-11-21(29)30)13-28(27-22)19-9-7-18(8-10-19)23(24,25)26/h3-5,7-10,12-13,15H,6,11,14H2,1-2H3,(H,29,30). The molecule has 164 valence electrons. The molecule has 0 fully saturated rings. The topological polar surface area (TPSA) is 64.4 Å². The normalized spacial score (nSPS) is 11.7. The van der Waals surface area contributed by atoms with Crippen LogP contribution in [0.25, 0.3) is 5.69 Å². The summed E-state index contributed by atoms with van der Waals surface area (Å²) in [7, 11) is 0. The van der Waals surface area contributed by atoms with Crippen molar-refractivity contribution in [3.63, 3.8) is 0 Å². The zero-order valence-corrected chi connectivity index (χ0v) is 17.2. The lowest BCUT2D eigenvalue weighted by atomic mass is 10.1. The van der Waals surface area contributed by atoms with E-state index in [-0.39, 0.29) is 18.9 Å². The van der Waals surface area contributed by atoms with Gasteiger partial charge in [-0.15, -0.1) is 0 Å². The van der Waals surface area contributed by atoms with Gasteiger partial charge in [0.05, 0.1) is 16.9 Å². The lowest BCUT2D eigenvalue weighted by Crippen LogP contribution is -2.05. The maximum atomic E-state index is 12.8. The van der Waals surface area contributed by atoms with Crippen LogP contribution in [0.2, 0.25) is 0 Å². The number of carbonyl (C=O) groups is 1. The molecular weight excluding hydrogens is 409 g/mol. The number of carboxylic acids is 1. The maximum Gasteiger partial charge on any atom is 0.416 e. The molecule has 0 bridgehead atoms. The summed E-state index contributed by atoms with van der Waals surface area (Å²) in [6.45, 7) is 4.20. The van der Waals surface area contributed by atoms with Crippen LogP contribution < -0.4 is 4.74 Å². The van der Waals surface area contributed by atoms with E-state index in [9.17, 15) is 18.0 Å². The zero-order chi connectivity index (χ0) is 22.6. The van der Waals surface area contributed by atoms with E-state index in [1.807, 2.05) is 26.0 Å².